The lowest BCUT2D eigenvalue weighted by Gasteiger charge is -2.30. The van der Waals surface area contributed by atoms with Gasteiger partial charge in [-0.25, -0.2) is 38.6 Å². The number of aromatic amines is 1. The van der Waals surface area contributed by atoms with Crippen LogP contribution in [0.25, 0.3) is 22.0 Å². The first-order valence-corrected chi connectivity index (χ1v) is 44.9. The molecule has 6 amide bonds. The van der Waals surface area contributed by atoms with Gasteiger partial charge in [-0.1, -0.05) is 124 Å². The van der Waals surface area contributed by atoms with Crippen LogP contribution in [0.2, 0.25) is 35.2 Å². The van der Waals surface area contributed by atoms with Gasteiger partial charge in [0.15, 0.2) is 17.8 Å². The molecule has 0 bridgehead atoms. The molecule has 0 saturated carbocycles. The molecule has 4 aliphatic rings. The molecule has 125 heavy (non-hydrogen) atoms. The molecule has 7 atom stereocenters. The summed E-state index contributed by atoms with van der Waals surface area (Å²) < 4.78 is 37.9. The first kappa shape index (κ1) is 94.4. The molecule has 0 aliphatic carbocycles. The minimum absolute atomic E-state index is 0.00842. The zero-order valence-corrected chi connectivity index (χ0v) is 74.3. The Bertz CT molecular complexity index is 6040. The van der Waals surface area contributed by atoms with E-state index in [1.165, 1.54) is 24.6 Å². The molecule has 13 rings (SSSR count). The molecule has 42 heteroatoms. The average molecular weight is 1890 g/mol. The number of nitriles is 1. The first-order chi connectivity index (χ1) is 59.2. The maximum absolute atomic E-state index is 13.3. The number of rotatable bonds is 22. The number of β-amino-alcohol motifs (C(OH)–C–C–N with tert-alkyl or cyclic N) is 1. The number of aliphatic carboxylic acids is 3. The lowest BCUT2D eigenvalue weighted by Crippen LogP contribution is -2.48. The van der Waals surface area contributed by atoms with Crippen LogP contribution in [0.4, 0.5) is 0 Å². The largest absolute Gasteiger partial charge is 0.480 e. The van der Waals surface area contributed by atoms with Crippen molar-refractivity contribution < 1.29 is 81.1 Å². The van der Waals surface area contributed by atoms with E-state index in [0.29, 0.717) is 104 Å². The molecule has 2 aromatic heterocycles. The minimum Gasteiger partial charge on any atom is -0.480 e. The second-order valence-electron chi connectivity index (χ2n) is 29.6. The summed E-state index contributed by atoms with van der Waals surface area (Å²) in [5.41, 5.74) is 9.64. The molecule has 2 unspecified atom stereocenters. The second kappa shape index (κ2) is 40.8. The van der Waals surface area contributed by atoms with E-state index in [9.17, 15) is 72.0 Å². The highest BCUT2D eigenvalue weighted by Gasteiger charge is 2.37. The number of amides is 6. The van der Waals surface area contributed by atoms with Crippen LogP contribution in [0, 0.1) is 11.5 Å². The van der Waals surface area contributed by atoms with Crippen LogP contribution < -0.4 is 31.4 Å². The summed E-state index contributed by atoms with van der Waals surface area (Å²) >= 11 is 45.3. The number of guanidine groups is 2. The fourth-order valence-electron chi connectivity index (χ4n) is 14.1. The van der Waals surface area contributed by atoms with E-state index in [-0.39, 0.29) is 127 Å². The van der Waals surface area contributed by atoms with E-state index in [1.807, 2.05) is 42.5 Å². The number of hydrogen-bond donors (Lipinski definition) is 11. The Labute approximate surface area is 752 Å². The summed E-state index contributed by atoms with van der Waals surface area (Å²) in [5, 5.41) is 61.4. The van der Waals surface area contributed by atoms with Crippen LogP contribution >= 0.6 is 81.2 Å². The van der Waals surface area contributed by atoms with Crippen LogP contribution in [0.1, 0.15) is 102 Å². The number of benzene rings is 7. The normalized spacial score (nSPS) is 16.6. The van der Waals surface area contributed by atoms with Gasteiger partial charge >= 0.3 is 17.9 Å². The van der Waals surface area contributed by atoms with E-state index in [1.54, 1.807) is 119 Å². The van der Waals surface area contributed by atoms with Crippen molar-refractivity contribution in [2.75, 3.05) is 79.5 Å². The number of carboxylic acid groups (broad SMARTS) is 3. The number of aromatic nitrogens is 2. The number of hydrogen-bond acceptors (Lipinski definition) is 19. The lowest BCUT2D eigenvalue weighted by atomic mass is 9.96. The summed E-state index contributed by atoms with van der Waals surface area (Å²) in [7, 11) is -0.469. The zero-order chi connectivity index (χ0) is 90.8. The Morgan fingerprint density at radius 3 is 1.61 bits per heavy atom. The van der Waals surface area contributed by atoms with Gasteiger partial charge in [-0.3, -0.25) is 48.4 Å². The number of ether oxygens (including phenoxy) is 1. The molecule has 0 spiro atoms. The standard InChI is InChI=1S/C29H28Cl2N6O7.C29H26Cl2N4O5S.C25H29Cl3N6O5S/c1-43-23-13-37(12-20(23)38)29(34-14-32)33-10-19(28(41)42)35-26(39)24-18(30)8-16-11-36(7-6-17(16)25(24)31)27(40)22-9-15-4-2-3-5-21(15)44-22;1-41(2,40)18-7-5-6-16(12-18)13-23(29(38)39)34-27(36)24-20(30)14-17-15-35(11-10-19(17)25(24)31)28(37)26-32-21-8-3-4-9-22(21)33-26;1-33(2)31-25(32-40(3,4)39)29-12-19(24(37)38)30-22(35)20-18(27)11-15-13-34(10-9-17(15)21(20)28)23(36)14-5-7-16(26)8-6-14/h2-5,8-9,19-20,23,38H,6-7,10-13H2,1H3,(H,33,34)(H,35,39)(H,41,42);3-9,12,14,23H,1,10-11,13,15H2,2H3,(H,32,33)(H,34,36)(H,38,39);5-8,11,19H,3,9-10,12-13H2,1-2,4H3,(H,30,35)(H,37,38)(H2,29,31,32,39)/t19-,20+,23+;23-,41?;19-,40?/m000/s1. The van der Waals surface area contributed by atoms with Crippen molar-refractivity contribution in [2.45, 2.75) is 80.5 Å². The van der Waals surface area contributed by atoms with Gasteiger partial charge < -0.3 is 70.1 Å². The number of likely N-dealkylation sites (tertiary alicyclic amines) is 1. The van der Waals surface area contributed by atoms with Gasteiger partial charge in [0.2, 0.25) is 11.9 Å². The molecular weight excluding hydrogens is 1810 g/mol. The molecular formula is C83H83Cl7N16O17S2. The molecule has 4 aliphatic heterocycles. The number of para-hydroxylation sites is 3. The molecule has 7 aromatic carbocycles. The number of nitrogens with zero attached hydrogens (tertiary/aromatic N) is 9. The number of carbonyl (C=O) groups is 9. The fraction of sp³-hybridized carbons (Fsp3) is 0.289. The molecule has 33 nitrogen and oxygen atoms in total. The number of carboxylic acids is 3. The fourth-order valence-corrected chi connectivity index (χ4v) is 17.8. The average Bonchev–Trinajstić information content (AvgIpc) is 1.53. The smallest absolute Gasteiger partial charge is 0.328 e. The summed E-state index contributed by atoms with van der Waals surface area (Å²) in [6.45, 7) is 1.12. The van der Waals surface area contributed by atoms with Crippen molar-refractivity contribution in [2.24, 2.45) is 9.98 Å². The van der Waals surface area contributed by atoms with E-state index >= 15 is 0 Å². The minimum atomic E-state index is -2.72. The second-order valence-corrected chi connectivity index (χ2v) is 37.1. The molecule has 658 valence electrons. The first-order valence-electron chi connectivity index (χ1n) is 38.0. The third-order valence-electron chi connectivity index (χ3n) is 20.2. The van der Waals surface area contributed by atoms with Crippen LogP contribution in [-0.4, -0.2) is 250 Å². The molecule has 6 heterocycles. The number of aliphatic hydroxyl groups excluding tert-OH is 1. The lowest BCUT2D eigenvalue weighted by molar-refractivity contribution is -0.140. The van der Waals surface area contributed by atoms with Gasteiger partial charge in [0, 0.05) is 123 Å². The number of halogens is 7. The molecule has 9 aromatic rings. The Balaban J connectivity index is 0.000000183. The van der Waals surface area contributed by atoms with Gasteiger partial charge in [-0.15, -0.1) is 0 Å². The quantitative estimate of drug-likeness (QED) is 0.00754. The van der Waals surface area contributed by atoms with Gasteiger partial charge in [0.05, 0.1) is 77.1 Å². The zero-order valence-electron chi connectivity index (χ0n) is 67.3. The number of methoxy groups -OCH3 is 1. The number of furan rings is 1. The highest BCUT2D eigenvalue weighted by Crippen LogP contribution is 2.39. The van der Waals surface area contributed by atoms with Crippen LogP contribution in [-0.2, 0) is 83.7 Å². The Hall–Kier alpha value is -11.2. The number of nitrogens with one attached hydrogen (secondary N) is 7. The molecule has 0 radical (unpaired) electrons. The summed E-state index contributed by atoms with van der Waals surface area (Å²) in [6, 6.07) is 30.0. The SMILES string of the molecule is C=S(C)(=O)NC(=NC[C@H](NC(=O)c1c(Cl)cc2c(c1Cl)CCN(C(=O)c1ccc(Cl)cc1)C2)C(=O)O)NN(C)C.C=S(C)(=O)c1cccc(C[C@H](NC(=O)c2c(Cl)cc3c(c2Cl)CCN(C(=O)c2nc4ccccc4[nH]2)C3)C(=O)O)c1.CO[C@@H]1CN(C(=NC[C@H](NC(=O)c2c(Cl)cc3c(c2Cl)CCN(C(=O)c2cc4ccccc4o2)C3)C(=O)O)NC#N)C[C@H]1O. The van der Waals surface area contributed by atoms with E-state index in [0.717, 1.165) is 10.9 Å². The summed E-state index contributed by atoms with van der Waals surface area (Å²) in [6.07, 6.45) is 4.25. The Morgan fingerprint density at radius 1 is 0.632 bits per heavy atom. The number of imidazole rings is 1. The third-order valence-corrected chi connectivity index (χ3v) is 24.5. The number of hydrazine groups is 1. The van der Waals surface area contributed by atoms with Crippen molar-refractivity contribution in [3.05, 3.63) is 229 Å². The predicted molar refractivity (Wildman–Crippen MR) is 478 cm³/mol. The van der Waals surface area contributed by atoms with Crippen LogP contribution in [0.3, 0.4) is 0 Å². The van der Waals surface area contributed by atoms with Gasteiger partial charge in [0.1, 0.15) is 29.8 Å². The molecule has 11 N–H and O–H groups in total. The van der Waals surface area contributed by atoms with E-state index in [2.05, 4.69) is 63.1 Å². The van der Waals surface area contributed by atoms with Crippen LogP contribution in [0.15, 0.2) is 141 Å². The van der Waals surface area contributed by atoms with Crippen molar-refractivity contribution >= 4 is 199 Å². The predicted octanol–water partition coefficient (Wildman–Crippen LogP) is 8.74. The van der Waals surface area contributed by atoms with Gasteiger partial charge in [-0.05, 0) is 158 Å². The number of aliphatic imine (C=N–C) groups is 2. The van der Waals surface area contributed by atoms with Crippen molar-refractivity contribution in [1.82, 2.24) is 66.0 Å². The number of carbonyl (C=O) groups excluding carboxylic acids is 6. The highest BCUT2D eigenvalue weighted by atomic mass is 35.5. The third kappa shape index (κ3) is 23.3. The monoisotopic (exact) mass is 1880 g/mol. The van der Waals surface area contributed by atoms with E-state index < -0.39 is 98.3 Å². The highest BCUT2D eigenvalue weighted by molar-refractivity contribution is 7.99. The van der Waals surface area contributed by atoms with E-state index in [4.69, 9.17) is 95.6 Å². The van der Waals surface area contributed by atoms with Crippen molar-refractivity contribution in [1.29, 1.82) is 5.26 Å². The maximum atomic E-state index is 13.3. The Kier molecular flexibility index (Phi) is 30.8. The van der Waals surface area contributed by atoms with Crippen molar-refractivity contribution in [3.63, 3.8) is 0 Å². The molecule has 1 saturated heterocycles. The topological polar surface area (TPSA) is 457 Å². The maximum Gasteiger partial charge on any atom is 0.328 e. The van der Waals surface area contributed by atoms with Crippen LogP contribution in [0.5, 0.6) is 0 Å². The summed E-state index contributed by atoms with van der Waals surface area (Å²) in [4.78, 5) is 138. The molecule has 1 fully saturated rings. The Morgan fingerprint density at radius 2 is 1.13 bits per heavy atom. The van der Waals surface area contributed by atoms with Crippen molar-refractivity contribution in [3.8, 4) is 6.19 Å². The number of H-pyrrole nitrogens is 1. The summed E-state index contributed by atoms with van der Waals surface area (Å²) in [5.74, 6) is 0.542. The number of aliphatic hydroxyl groups is 1. The number of fused-ring (bicyclic) bond motifs is 5. The van der Waals surface area contributed by atoms with Gasteiger partial charge in [0.25, 0.3) is 35.4 Å². The van der Waals surface area contributed by atoms with Gasteiger partial charge in [-0.2, -0.15) is 5.26 Å².